The molecule has 8 heteroatoms. The highest BCUT2D eigenvalue weighted by atomic mass is 16.6. The highest BCUT2D eigenvalue weighted by Crippen LogP contribution is 2.44. The van der Waals surface area contributed by atoms with Gasteiger partial charge < -0.3 is 14.8 Å². The second-order valence-corrected chi connectivity index (χ2v) is 7.23. The molecule has 154 valence electrons. The molecule has 3 amide bonds. The lowest BCUT2D eigenvalue weighted by Crippen LogP contribution is -2.42. The Balaban J connectivity index is 1.34. The molecule has 8 nitrogen and oxygen atoms in total. The number of alkyl carbamates (subject to hydrolysis) is 1. The molecule has 0 aromatic heterocycles. The van der Waals surface area contributed by atoms with Crippen LogP contribution in [0.15, 0.2) is 48.5 Å². The van der Waals surface area contributed by atoms with Crippen LogP contribution in [-0.2, 0) is 23.9 Å². The van der Waals surface area contributed by atoms with Crippen molar-refractivity contribution in [1.82, 2.24) is 10.6 Å². The van der Waals surface area contributed by atoms with Gasteiger partial charge in [-0.2, -0.15) is 0 Å². The first-order valence-corrected chi connectivity index (χ1v) is 9.59. The number of rotatable bonds is 5. The fourth-order valence-electron chi connectivity index (χ4n) is 3.74. The van der Waals surface area contributed by atoms with E-state index in [1.165, 1.54) is 6.92 Å². The average molecular weight is 408 g/mol. The van der Waals surface area contributed by atoms with Crippen LogP contribution in [0.4, 0.5) is 4.79 Å². The van der Waals surface area contributed by atoms with Gasteiger partial charge in [0.15, 0.2) is 6.10 Å². The second kappa shape index (κ2) is 7.98. The summed E-state index contributed by atoms with van der Waals surface area (Å²) in [5.41, 5.74) is 4.39. The molecule has 1 unspecified atom stereocenters. The van der Waals surface area contributed by atoms with E-state index in [1.54, 1.807) is 0 Å². The fraction of sp³-hybridized carbons (Fsp3) is 0.273. The molecular weight excluding hydrogens is 388 g/mol. The summed E-state index contributed by atoms with van der Waals surface area (Å²) < 4.78 is 10.4. The maximum absolute atomic E-state index is 12.2. The molecule has 1 heterocycles. The van der Waals surface area contributed by atoms with Crippen molar-refractivity contribution in [3.05, 3.63) is 59.7 Å². The molecule has 0 spiro atoms. The van der Waals surface area contributed by atoms with Crippen LogP contribution in [0.1, 0.15) is 30.4 Å². The van der Waals surface area contributed by atoms with Gasteiger partial charge in [0.1, 0.15) is 12.6 Å². The lowest BCUT2D eigenvalue weighted by atomic mass is 9.98. The molecule has 0 radical (unpaired) electrons. The number of ether oxygens (including phenoxy) is 2. The number of carbonyl (C=O) groups is 4. The summed E-state index contributed by atoms with van der Waals surface area (Å²) >= 11 is 0. The van der Waals surface area contributed by atoms with Crippen molar-refractivity contribution in [1.29, 1.82) is 0 Å². The zero-order valence-electron chi connectivity index (χ0n) is 16.2. The quantitative estimate of drug-likeness (QED) is 0.577. The first-order valence-electron chi connectivity index (χ1n) is 9.59. The standard InChI is InChI=1S/C22H20N2O6/c1-12(21(27)30-18-10-19(25)24-20(18)26)23-22(28)29-11-17-15-8-4-2-6-13(15)14-7-3-5-9-16(14)17/h2-9,12,17-18H,10-11H2,1H3,(H,23,28)(H,24,25,26)/t12?,18-/m0/s1. The van der Waals surface area contributed by atoms with Crippen molar-refractivity contribution in [3.63, 3.8) is 0 Å². The molecule has 1 aliphatic carbocycles. The number of amides is 3. The molecule has 1 aliphatic heterocycles. The summed E-state index contributed by atoms with van der Waals surface area (Å²) in [6.07, 6.45) is -2.16. The smallest absolute Gasteiger partial charge is 0.407 e. The Bertz CT molecular complexity index is 988. The molecule has 30 heavy (non-hydrogen) atoms. The largest absolute Gasteiger partial charge is 0.450 e. The van der Waals surface area contributed by atoms with Crippen LogP contribution >= 0.6 is 0 Å². The van der Waals surface area contributed by atoms with E-state index in [4.69, 9.17) is 9.47 Å². The fourth-order valence-corrected chi connectivity index (χ4v) is 3.74. The van der Waals surface area contributed by atoms with Gasteiger partial charge in [-0.1, -0.05) is 48.5 Å². The highest BCUT2D eigenvalue weighted by molar-refractivity contribution is 6.05. The second-order valence-electron chi connectivity index (χ2n) is 7.23. The Kier molecular flexibility index (Phi) is 5.22. The summed E-state index contributed by atoms with van der Waals surface area (Å²) in [4.78, 5) is 47.0. The molecule has 0 bridgehead atoms. The van der Waals surface area contributed by atoms with Crippen molar-refractivity contribution in [2.45, 2.75) is 31.4 Å². The molecule has 4 rings (SSSR count). The predicted molar refractivity (Wildman–Crippen MR) is 105 cm³/mol. The first kappa shape index (κ1) is 19.6. The molecule has 2 N–H and O–H groups in total. The van der Waals surface area contributed by atoms with Crippen LogP contribution in [0.3, 0.4) is 0 Å². The van der Waals surface area contributed by atoms with Gasteiger partial charge in [-0.15, -0.1) is 0 Å². The normalized spacial score (nSPS) is 18.2. The third-order valence-electron chi connectivity index (χ3n) is 5.22. The summed E-state index contributed by atoms with van der Waals surface area (Å²) in [5.74, 6) is -2.09. The minimum absolute atomic E-state index is 0.0985. The molecule has 0 saturated carbocycles. The van der Waals surface area contributed by atoms with Gasteiger partial charge in [0.25, 0.3) is 5.91 Å². The van der Waals surface area contributed by atoms with Crippen molar-refractivity contribution in [3.8, 4) is 11.1 Å². The zero-order valence-corrected chi connectivity index (χ0v) is 16.2. The van der Waals surface area contributed by atoms with Gasteiger partial charge >= 0.3 is 12.1 Å². The number of hydrogen-bond acceptors (Lipinski definition) is 6. The van der Waals surface area contributed by atoms with Gasteiger partial charge in [0, 0.05) is 5.92 Å². The van der Waals surface area contributed by atoms with E-state index >= 15 is 0 Å². The lowest BCUT2D eigenvalue weighted by molar-refractivity contribution is -0.155. The SMILES string of the molecule is CC(NC(=O)OCC1c2ccccc2-c2ccccc21)C(=O)O[C@H]1CC(=O)NC1=O. The maximum Gasteiger partial charge on any atom is 0.407 e. The molecule has 2 atom stereocenters. The van der Waals surface area contributed by atoms with Gasteiger partial charge in [0.05, 0.1) is 6.42 Å². The Morgan fingerprint density at radius 3 is 2.23 bits per heavy atom. The Labute approximate surface area is 172 Å². The summed E-state index contributed by atoms with van der Waals surface area (Å²) in [7, 11) is 0. The van der Waals surface area contributed by atoms with Gasteiger partial charge in [-0.25, -0.2) is 9.59 Å². The van der Waals surface area contributed by atoms with Gasteiger partial charge in [-0.05, 0) is 29.2 Å². The molecule has 2 aromatic rings. The number of fused-ring (bicyclic) bond motifs is 3. The zero-order chi connectivity index (χ0) is 21.3. The van der Waals surface area contributed by atoms with E-state index in [2.05, 4.69) is 10.6 Å². The van der Waals surface area contributed by atoms with Crippen molar-refractivity contribution in [2.24, 2.45) is 0 Å². The number of nitrogens with one attached hydrogen (secondary N) is 2. The predicted octanol–water partition coefficient (Wildman–Crippen LogP) is 1.87. The van der Waals surface area contributed by atoms with Crippen LogP contribution in [0.5, 0.6) is 0 Å². The van der Waals surface area contributed by atoms with E-state index < -0.39 is 36.0 Å². The van der Waals surface area contributed by atoms with E-state index in [0.29, 0.717) is 0 Å². The number of imide groups is 1. The third-order valence-corrected chi connectivity index (χ3v) is 5.22. The van der Waals surface area contributed by atoms with E-state index in [9.17, 15) is 19.2 Å². The Morgan fingerprint density at radius 1 is 1.07 bits per heavy atom. The van der Waals surface area contributed by atoms with E-state index in [-0.39, 0.29) is 18.9 Å². The van der Waals surface area contributed by atoms with Crippen LogP contribution in [-0.4, -0.2) is 42.6 Å². The van der Waals surface area contributed by atoms with Crippen LogP contribution < -0.4 is 10.6 Å². The average Bonchev–Trinajstić information content (AvgIpc) is 3.22. The van der Waals surface area contributed by atoms with E-state index in [1.807, 2.05) is 48.5 Å². The van der Waals surface area contributed by atoms with Crippen molar-refractivity contribution in [2.75, 3.05) is 6.61 Å². The molecule has 2 aliphatic rings. The summed E-state index contributed by atoms with van der Waals surface area (Å²) in [5, 5.41) is 4.45. The highest BCUT2D eigenvalue weighted by Gasteiger charge is 2.35. The molecule has 1 saturated heterocycles. The minimum Gasteiger partial charge on any atom is -0.450 e. The summed E-state index contributed by atoms with van der Waals surface area (Å²) in [6.45, 7) is 1.53. The maximum atomic E-state index is 12.2. The van der Waals surface area contributed by atoms with Crippen molar-refractivity contribution < 1.29 is 28.7 Å². The number of carbonyl (C=O) groups excluding carboxylic acids is 4. The van der Waals surface area contributed by atoms with Gasteiger partial charge in [0.2, 0.25) is 5.91 Å². The summed E-state index contributed by atoms with van der Waals surface area (Å²) in [6, 6.07) is 14.9. The van der Waals surface area contributed by atoms with Crippen LogP contribution in [0.2, 0.25) is 0 Å². The topological polar surface area (TPSA) is 111 Å². The van der Waals surface area contributed by atoms with Gasteiger partial charge in [-0.3, -0.25) is 14.9 Å². The number of hydrogen-bond donors (Lipinski definition) is 2. The molecule has 1 fully saturated rings. The van der Waals surface area contributed by atoms with E-state index in [0.717, 1.165) is 22.3 Å². The lowest BCUT2D eigenvalue weighted by Gasteiger charge is -2.17. The Hall–Kier alpha value is -3.68. The van der Waals surface area contributed by atoms with Crippen LogP contribution in [0, 0.1) is 0 Å². The van der Waals surface area contributed by atoms with Crippen LogP contribution in [0.25, 0.3) is 11.1 Å². The minimum atomic E-state index is -1.17. The third kappa shape index (κ3) is 3.76. The first-order chi connectivity index (χ1) is 14.4. The molecule has 2 aromatic carbocycles. The number of benzene rings is 2. The Morgan fingerprint density at radius 2 is 1.67 bits per heavy atom. The van der Waals surface area contributed by atoms with Crippen molar-refractivity contribution >= 4 is 23.9 Å². The molecular formula is C22H20N2O6. The monoisotopic (exact) mass is 408 g/mol. The number of esters is 1.